The predicted octanol–water partition coefficient (Wildman–Crippen LogP) is 1.60. The van der Waals surface area contributed by atoms with Gasteiger partial charge in [-0.25, -0.2) is 4.79 Å². The lowest BCUT2D eigenvalue weighted by Gasteiger charge is -2.28. The Labute approximate surface area is 93.4 Å². The topological polar surface area (TPSA) is 32.3 Å². The first-order chi connectivity index (χ1) is 6.86. The smallest absolute Gasteiger partial charge is 0.317 e. The number of carbonyl (C=O) groups excluding carboxylic acids is 1. The first-order valence-electron chi connectivity index (χ1n) is 5.12. The Morgan fingerprint density at radius 3 is 2.93 bits per heavy atom. The van der Waals surface area contributed by atoms with E-state index < -0.39 is 0 Å². The highest BCUT2D eigenvalue weighted by molar-refractivity contribution is 8.20. The van der Waals surface area contributed by atoms with E-state index in [9.17, 15) is 4.79 Å². The molecule has 2 aliphatic heterocycles. The normalized spacial score (nSPS) is 24.0. The second-order valence-corrected chi connectivity index (χ2v) is 6.45. The molecule has 5 heteroatoms. The fourth-order valence-corrected chi connectivity index (χ4v) is 4.53. The summed E-state index contributed by atoms with van der Waals surface area (Å²) in [4.78, 5) is 13.3. The standard InChI is InChI=1S/C9H16N2OS2/c12-9-10-3-1-4-11(9)5-2-8-13-6-7-14-8/h8H,1-7H2,(H,10,12). The number of carbonyl (C=O) groups is 1. The van der Waals surface area contributed by atoms with E-state index in [0.29, 0.717) is 0 Å². The number of nitrogens with zero attached hydrogens (tertiary/aromatic N) is 1. The Morgan fingerprint density at radius 2 is 2.21 bits per heavy atom. The Bertz CT molecular complexity index is 207. The molecule has 0 aromatic rings. The number of urea groups is 1. The maximum atomic E-state index is 11.4. The van der Waals surface area contributed by atoms with E-state index in [0.717, 1.165) is 37.1 Å². The van der Waals surface area contributed by atoms with Crippen LogP contribution in [0, 0.1) is 0 Å². The summed E-state index contributed by atoms with van der Waals surface area (Å²) in [6.07, 6.45) is 2.24. The molecule has 2 saturated heterocycles. The molecule has 0 aliphatic carbocycles. The Balaban J connectivity index is 1.70. The average Bonchev–Trinajstić information content (AvgIpc) is 2.69. The first kappa shape index (κ1) is 10.5. The van der Waals surface area contributed by atoms with Gasteiger partial charge in [-0.15, -0.1) is 23.5 Å². The van der Waals surface area contributed by atoms with E-state index in [2.05, 4.69) is 5.32 Å². The maximum absolute atomic E-state index is 11.4. The molecule has 0 spiro atoms. The van der Waals surface area contributed by atoms with Gasteiger partial charge in [0.2, 0.25) is 0 Å². The van der Waals surface area contributed by atoms with E-state index in [-0.39, 0.29) is 6.03 Å². The number of nitrogens with one attached hydrogen (secondary N) is 1. The average molecular weight is 232 g/mol. The molecule has 1 N–H and O–H groups in total. The molecule has 0 atom stereocenters. The van der Waals surface area contributed by atoms with Crippen molar-refractivity contribution in [2.75, 3.05) is 31.1 Å². The van der Waals surface area contributed by atoms with Gasteiger partial charge >= 0.3 is 6.03 Å². The second kappa shape index (κ2) is 5.16. The van der Waals surface area contributed by atoms with Crippen LogP contribution in [-0.2, 0) is 0 Å². The molecule has 0 bridgehead atoms. The third-order valence-corrected chi connectivity index (χ3v) is 5.66. The van der Waals surface area contributed by atoms with Crippen molar-refractivity contribution in [1.29, 1.82) is 0 Å². The van der Waals surface area contributed by atoms with Crippen LogP contribution in [0.25, 0.3) is 0 Å². The first-order valence-corrected chi connectivity index (χ1v) is 7.22. The molecule has 14 heavy (non-hydrogen) atoms. The predicted molar refractivity (Wildman–Crippen MR) is 62.9 cm³/mol. The van der Waals surface area contributed by atoms with Crippen LogP contribution in [0.3, 0.4) is 0 Å². The van der Waals surface area contributed by atoms with Gasteiger partial charge in [0.25, 0.3) is 0 Å². The summed E-state index contributed by atoms with van der Waals surface area (Å²) in [6.45, 7) is 2.71. The van der Waals surface area contributed by atoms with Crippen molar-refractivity contribution in [3.63, 3.8) is 0 Å². The summed E-state index contributed by atoms with van der Waals surface area (Å²) < 4.78 is 0.727. The van der Waals surface area contributed by atoms with E-state index in [1.165, 1.54) is 11.5 Å². The lowest BCUT2D eigenvalue weighted by Crippen LogP contribution is -2.46. The number of hydrogen-bond acceptors (Lipinski definition) is 3. The van der Waals surface area contributed by atoms with E-state index in [1.54, 1.807) is 0 Å². The fraction of sp³-hybridized carbons (Fsp3) is 0.889. The SMILES string of the molecule is O=C1NCCCN1CCC1SCCS1. The molecule has 0 unspecified atom stereocenters. The molecular formula is C9H16N2OS2. The fourth-order valence-electron chi connectivity index (χ4n) is 1.73. The molecule has 0 aromatic carbocycles. The van der Waals surface area contributed by atoms with Crippen molar-refractivity contribution in [1.82, 2.24) is 10.2 Å². The monoisotopic (exact) mass is 232 g/mol. The Morgan fingerprint density at radius 1 is 1.43 bits per heavy atom. The highest BCUT2D eigenvalue weighted by Gasteiger charge is 2.21. The van der Waals surface area contributed by atoms with Gasteiger partial charge in [0, 0.05) is 31.1 Å². The molecule has 2 heterocycles. The zero-order valence-electron chi connectivity index (χ0n) is 8.20. The van der Waals surface area contributed by atoms with E-state index in [1.807, 2.05) is 28.4 Å². The van der Waals surface area contributed by atoms with Gasteiger partial charge in [-0.05, 0) is 12.8 Å². The van der Waals surface area contributed by atoms with Crippen molar-refractivity contribution in [2.24, 2.45) is 0 Å². The highest BCUT2D eigenvalue weighted by Crippen LogP contribution is 2.34. The molecule has 2 fully saturated rings. The summed E-state index contributed by atoms with van der Waals surface area (Å²) in [7, 11) is 0. The quantitative estimate of drug-likeness (QED) is 0.802. The van der Waals surface area contributed by atoms with Crippen LogP contribution in [0.5, 0.6) is 0 Å². The van der Waals surface area contributed by atoms with Crippen molar-refractivity contribution in [3.8, 4) is 0 Å². The largest absolute Gasteiger partial charge is 0.338 e. The number of thioether (sulfide) groups is 2. The van der Waals surface area contributed by atoms with Gasteiger partial charge in [-0.2, -0.15) is 0 Å². The summed E-state index contributed by atoms with van der Waals surface area (Å²) in [5.41, 5.74) is 0. The van der Waals surface area contributed by atoms with Crippen LogP contribution in [-0.4, -0.2) is 46.7 Å². The molecule has 2 amide bonds. The van der Waals surface area contributed by atoms with E-state index >= 15 is 0 Å². The zero-order valence-corrected chi connectivity index (χ0v) is 9.83. The van der Waals surface area contributed by atoms with E-state index in [4.69, 9.17) is 0 Å². The molecule has 0 radical (unpaired) electrons. The van der Waals surface area contributed by atoms with Crippen molar-refractivity contribution >= 4 is 29.6 Å². The number of hydrogen-bond donors (Lipinski definition) is 1. The number of rotatable bonds is 3. The molecule has 2 rings (SSSR count). The Hall–Kier alpha value is -0.0300. The minimum absolute atomic E-state index is 0.129. The third-order valence-electron chi connectivity index (χ3n) is 2.49. The minimum Gasteiger partial charge on any atom is -0.338 e. The summed E-state index contributed by atoms with van der Waals surface area (Å²) in [5, 5.41) is 2.88. The van der Waals surface area contributed by atoms with Crippen LogP contribution in [0.1, 0.15) is 12.8 Å². The van der Waals surface area contributed by atoms with Crippen LogP contribution < -0.4 is 5.32 Å². The van der Waals surface area contributed by atoms with Crippen LogP contribution >= 0.6 is 23.5 Å². The summed E-state index contributed by atoms with van der Waals surface area (Å²) in [6, 6.07) is 0.129. The third kappa shape index (κ3) is 2.73. The lowest BCUT2D eigenvalue weighted by molar-refractivity contribution is 0.186. The van der Waals surface area contributed by atoms with Gasteiger partial charge < -0.3 is 10.2 Å². The molecule has 3 nitrogen and oxygen atoms in total. The van der Waals surface area contributed by atoms with Crippen molar-refractivity contribution in [2.45, 2.75) is 17.4 Å². The molecule has 80 valence electrons. The lowest BCUT2D eigenvalue weighted by atomic mass is 10.3. The van der Waals surface area contributed by atoms with Crippen LogP contribution in [0.2, 0.25) is 0 Å². The van der Waals surface area contributed by atoms with Crippen molar-refractivity contribution < 1.29 is 4.79 Å². The highest BCUT2D eigenvalue weighted by atomic mass is 32.2. The van der Waals surface area contributed by atoms with Gasteiger partial charge in [0.05, 0.1) is 4.58 Å². The molecule has 2 aliphatic rings. The van der Waals surface area contributed by atoms with Gasteiger partial charge in [-0.3, -0.25) is 0 Å². The van der Waals surface area contributed by atoms with Gasteiger partial charge in [0.15, 0.2) is 0 Å². The molecular weight excluding hydrogens is 216 g/mol. The van der Waals surface area contributed by atoms with Crippen molar-refractivity contribution in [3.05, 3.63) is 0 Å². The zero-order chi connectivity index (χ0) is 9.80. The second-order valence-electron chi connectivity index (χ2n) is 3.53. The summed E-state index contributed by atoms with van der Waals surface area (Å²) >= 11 is 4.07. The van der Waals surface area contributed by atoms with Crippen LogP contribution in [0.15, 0.2) is 0 Å². The molecule has 0 aromatic heterocycles. The van der Waals surface area contributed by atoms with Gasteiger partial charge in [-0.1, -0.05) is 0 Å². The Kier molecular flexibility index (Phi) is 3.87. The number of amides is 2. The van der Waals surface area contributed by atoms with Gasteiger partial charge in [0.1, 0.15) is 0 Å². The minimum atomic E-state index is 0.129. The van der Waals surface area contributed by atoms with Crippen LogP contribution in [0.4, 0.5) is 4.79 Å². The maximum Gasteiger partial charge on any atom is 0.317 e. The molecule has 0 saturated carbocycles. The summed E-state index contributed by atoms with van der Waals surface area (Å²) in [5.74, 6) is 2.56.